The third kappa shape index (κ3) is 3.88. The molecule has 1 aromatic rings. The van der Waals surface area contributed by atoms with Crippen LogP contribution in [0.2, 0.25) is 0 Å². The van der Waals surface area contributed by atoms with E-state index >= 15 is 0 Å². The van der Waals surface area contributed by atoms with Crippen LogP contribution in [0.4, 0.5) is 0 Å². The molecule has 0 spiro atoms. The maximum absolute atomic E-state index is 3.87. The molecule has 0 saturated heterocycles. The maximum Gasteiger partial charge on any atom is 0.0141 e. The molecule has 1 fully saturated rings. The van der Waals surface area contributed by atoms with Crippen LogP contribution in [0.25, 0.3) is 0 Å². The smallest absolute Gasteiger partial charge is 0.0141 e. The van der Waals surface area contributed by atoms with Crippen molar-refractivity contribution >= 4 is 0 Å². The number of hydrogen-bond donors (Lipinski definition) is 1. The van der Waals surface area contributed by atoms with Gasteiger partial charge in [-0.15, -0.1) is 0 Å². The number of nitrogens with one attached hydrogen (secondary N) is 1. The molecule has 1 nitrogen and oxygen atoms in total. The fraction of sp³-hybridized carbons (Fsp3) is 0.700. The van der Waals surface area contributed by atoms with Gasteiger partial charge < -0.3 is 5.32 Å². The standard InChI is InChI=1S/C20H33N/c1-6-13-21-19(18-11-8-12-20(18,4)5)14-17-15(2)9-7-10-16(17)3/h7,9-10,18-19,21H,6,8,11-14H2,1-5H3. The van der Waals surface area contributed by atoms with Crippen LogP contribution >= 0.6 is 0 Å². The third-order valence-corrected chi connectivity index (χ3v) is 5.55. The summed E-state index contributed by atoms with van der Waals surface area (Å²) in [5, 5.41) is 3.87. The SMILES string of the molecule is CCCNC(Cc1c(C)cccc1C)C1CCCC1(C)C. The van der Waals surface area contributed by atoms with Crippen LogP contribution in [0, 0.1) is 25.2 Å². The van der Waals surface area contributed by atoms with E-state index in [9.17, 15) is 0 Å². The highest BCUT2D eigenvalue weighted by atomic mass is 14.9. The van der Waals surface area contributed by atoms with Crippen molar-refractivity contribution < 1.29 is 0 Å². The van der Waals surface area contributed by atoms with Crippen molar-refractivity contribution in [3.63, 3.8) is 0 Å². The van der Waals surface area contributed by atoms with E-state index < -0.39 is 0 Å². The minimum atomic E-state index is 0.488. The van der Waals surface area contributed by atoms with Gasteiger partial charge in [0.05, 0.1) is 0 Å². The molecule has 1 N–H and O–H groups in total. The first kappa shape index (κ1) is 16.5. The molecular formula is C20H33N. The summed E-state index contributed by atoms with van der Waals surface area (Å²) in [6.07, 6.45) is 6.58. The summed E-state index contributed by atoms with van der Waals surface area (Å²) in [4.78, 5) is 0. The molecule has 0 heterocycles. The first-order chi connectivity index (χ1) is 9.95. The molecular weight excluding hydrogens is 254 g/mol. The van der Waals surface area contributed by atoms with Crippen LogP contribution in [0.5, 0.6) is 0 Å². The number of rotatable bonds is 6. The lowest BCUT2D eigenvalue weighted by atomic mass is 9.75. The van der Waals surface area contributed by atoms with Gasteiger partial charge in [-0.2, -0.15) is 0 Å². The lowest BCUT2D eigenvalue weighted by Crippen LogP contribution is -2.43. The number of benzene rings is 1. The predicted molar refractivity (Wildman–Crippen MR) is 92.8 cm³/mol. The van der Waals surface area contributed by atoms with E-state index in [1.807, 2.05) is 0 Å². The molecule has 0 bridgehead atoms. The van der Waals surface area contributed by atoms with Crippen LogP contribution in [-0.4, -0.2) is 12.6 Å². The summed E-state index contributed by atoms with van der Waals surface area (Å²) in [5.41, 5.74) is 4.96. The minimum absolute atomic E-state index is 0.488. The first-order valence-corrected chi connectivity index (χ1v) is 8.74. The number of hydrogen-bond acceptors (Lipinski definition) is 1. The summed E-state index contributed by atoms with van der Waals surface area (Å²) in [6.45, 7) is 12.9. The molecule has 21 heavy (non-hydrogen) atoms. The van der Waals surface area contributed by atoms with Gasteiger partial charge in [0, 0.05) is 6.04 Å². The summed E-state index contributed by atoms with van der Waals surface area (Å²) < 4.78 is 0. The van der Waals surface area contributed by atoms with Gasteiger partial charge in [-0.1, -0.05) is 45.4 Å². The predicted octanol–water partition coefficient (Wildman–Crippen LogP) is 5.04. The molecule has 0 aliphatic heterocycles. The molecule has 0 amide bonds. The van der Waals surface area contributed by atoms with Crippen LogP contribution in [0.3, 0.4) is 0 Å². The largest absolute Gasteiger partial charge is 0.313 e. The Labute approximate surface area is 131 Å². The molecule has 0 aromatic heterocycles. The Kier molecular flexibility index (Phi) is 5.48. The molecule has 118 valence electrons. The first-order valence-electron chi connectivity index (χ1n) is 8.74. The molecule has 2 atom stereocenters. The Morgan fingerprint density at radius 2 is 1.90 bits per heavy atom. The molecule has 2 rings (SSSR count). The monoisotopic (exact) mass is 287 g/mol. The summed E-state index contributed by atoms with van der Waals surface area (Å²) >= 11 is 0. The lowest BCUT2D eigenvalue weighted by molar-refractivity contribution is 0.195. The van der Waals surface area contributed by atoms with Crippen LogP contribution < -0.4 is 5.32 Å². The molecule has 1 aromatic carbocycles. The molecule has 1 saturated carbocycles. The minimum Gasteiger partial charge on any atom is -0.313 e. The Morgan fingerprint density at radius 1 is 1.24 bits per heavy atom. The van der Waals surface area contributed by atoms with Crippen LogP contribution in [-0.2, 0) is 6.42 Å². The van der Waals surface area contributed by atoms with E-state index in [-0.39, 0.29) is 0 Å². The zero-order valence-corrected chi connectivity index (χ0v) is 14.6. The van der Waals surface area contributed by atoms with Gasteiger partial charge in [0.1, 0.15) is 0 Å². The normalized spacial score (nSPS) is 22.4. The van der Waals surface area contributed by atoms with E-state index in [1.54, 1.807) is 5.56 Å². The van der Waals surface area contributed by atoms with Gasteiger partial charge in [-0.25, -0.2) is 0 Å². The lowest BCUT2D eigenvalue weighted by Gasteiger charge is -2.35. The second kappa shape index (κ2) is 6.96. The zero-order chi connectivity index (χ0) is 15.5. The second-order valence-electron chi connectivity index (χ2n) is 7.62. The van der Waals surface area contributed by atoms with Gasteiger partial charge in [0.25, 0.3) is 0 Å². The Balaban J connectivity index is 2.20. The van der Waals surface area contributed by atoms with Gasteiger partial charge >= 0.3 is 0 Å². The summed E-state index contributed by atoms with van der Waals surface area (Å²) in [5.74, 6) is 0.808. The van der Waals surface area contributed by atoms with Crippen molar-refractivity contribution in [3.05, 3.63) is 34.9 Å². The quantitative estimate of drug-likeness (QED) is 0.773. The maximum atomic E-state index is 3.87. The van der Waals surface area contributed by atoms with Crippen molar-refractivity contribution in [1.82, 2.24) is 5.32 Å². The van der Waals surface area contributed by atoms with Gasteiger partial charge in [-0.3, -0.25) is 0 Å². The topological polar surface area (TPSA) is 12.0 Å². The van der Waals surface area contributed by atoms with Crippen LogP contribution in [0.1, 0.15) is 63.1 Å². The van der Waals surface area contributed by atoms with E-state index in [4.69, 9.17) is 0 Å². The Bertz CT molecular complexity index is 441. The summed E-state index contributed by atoms with van der Waals surface area (Å²) in [6, 6.07) is 7.34. The molecule has 1 aliphatic carbocycles. The van der Waals surface area contributed by atoms with Crippen molar-refractivity contribution in [3.8, 4) is 0 Å². The fourth-order valence-corrected chi connectivity index (χ4v) is 4.18. The van der Waals surface area contributed by atoms with E-state index in [1.165, 1.54) is 43.2 Å². The highest BCUT2D eigenvalue weighted by molar-refractivity contribution is 5.34. The summed E-state index contributed by atoms with van der Waals surface area (Å²) in [7, 11) is 0. The van der Waals surface area contributed by atoms with Crippen molar-refractivity contribution in [2.75, 3.05) is 6.54 Å². The van der Waals surface area contributed by atoms with Crippen molar-refractivity contribution in [2.24, 2.45) is 11.3 Å². The van der Waals surface area contributed by atoms with Gasteiger partial charge in [0.15, 0.2) is 0 Å². The van der Waals surface area contributed by atoms with E-state index in [0.717, 1.165) is 12.5 Å². The molecule has 2 unspecified atom stereocenters. The highest BCUT2D eigenvalue weighted by Gasteiger charge is 2.39. The Hall–Kier alpha value is -0.820. The van der Waals surface area contributed by atoms with E-state index in [0.29, 0.717) is 11.5 Å². The average molecular weight is 287 g/mol. The highest BCUT2D eigenvalue weighted by Crippen LogP contribution is 2.45. The molecule has 0 radical (unpaired) electrons. The third-order valence-electron chi connectivity index (χ3n) is 5.55. The van der Waals surface area contributed by atoms with Gasteiger partial charge in [-0.05, 0) is 74.1 Å². The van der Waals surface area contributed by atoms with Crippen molar-refractivity contribution in [2.45, 2.75) is 72.8 Å². The van der Waals surface area contributed by atoms with Crippen LogP contribution in [0.15, 0.2) is 18.2 Å². The van der Waals surface area contributed by atoms with E-state index in [2.05, 4.69) is 58.1 Å². The molecule has 1 aliphatic rings. The Morgan fingerprint density at radius 3 is 2.43 bits per heavy atom. The fourth-order valence-electron chi connectivity index (χ4n) is 4.18. The second-order valence-corrected chi connectivity index (χ2v) is 7.62. The van der Waals surface area contributed by atoms with Gasteiger partial charge in [0.2, 0.25) is 0 Å². The number of aryl methyl sites for hydroxylation is 2. The van der Waals surface area contributed by atoms with Crippen molar-refractivity contribution in [1.29, 1.82) is 0 Å². The molecule has 1 heteroatoms. The zero-order valence-electron chi connectivity index (χ0n) is 14.6. The average Bonchev–Trinajstić information content (AvgIpc) is 2.77.